The molecule has 19 heavy (non-hydrogen) atoms. The molecule has 0 aliphatic heterocycles. The highest BCUT2D eigenvalue weighted by Crippen LogP contribution is 2.17. The summed E-state index contributed by atoms with van der Waals surface area (Å²) in [6.07, 6.45) is 1.63. The molecule has 0 spiro atoms. The Hall–Kier alpha value is -2.34. The first kappa shape index (κ1) is 13.1. The molecule has 0 fully saturated rings. The summed E-state index contributed by atoms with van der Waals surface area (Å²) in [6, 6.07) is 10.3. The lowest BCUT2D eigenvalue weighted by atomic mass is 10.1. The second kappa shape index (κ2) is 6.01. The summed E-state index contributed by atoms with van der Waals surface area (Å²) in [4.78, 5) is 10.2. The molecule has 98 valence electrons. The van der Waals surface area contributed by atoms with E-state index in [2.05, 4.69) is 15.5 Å². The molecule has 6 heteroatoms. The van der Waals surface area contributed by atoms with Gasteiger partial charge in [0.25, 0.3) is 5.69 Å². The van der Waals surface area contributed by atoms with Crippen molar-refractivity contribution < 1.29 is 4.92 Å². The molecule has 0 saturated carbocycles. The van der Waals surface area contributed by atoms with Crippen LogP contribution in [-0.4, -0.2) is 15.1 Å². The van der Waals surface area contributed by atoms with Crippen LogP contribution in [0.4, 0.5) is 5.69 Å². The maximum absolute atomic E-state index is 10.6. The first-order chi connectivity index (χ1) is 9.16. The first-order valence-corrected chi connectivity index (χ1v) is 5.91. The Morgan fingerprint density at radius 1 is 1.32 bits per heavy atom. The molecular weight excluding hydrogens is 244 g/mol. The van der Waals surface area contributed by atoms with Gasteiger partial charge in [-0.15, -0.1) is 0 Å². The number of nitrogens with one attached hydrogen (secondary N) is 1. The van der Waals surface area contributed by atoms with E-state index < -0.39 is 4.92 Å². The minimum Gasteiger partial charge on any atom is -0.304 e. The molecule has 6 nitrogen and oxygen atoms in total. The highest BCUT2D eigenvalue weighted by molar-refractivity contribution is 5.34. The topological polar surface area (TPSA) is 81.0 Å². The molecule has 0 amide bonds. The number of aromatic nitrogens is 2. The van der Waals surface area contributed by atoms with Crippen LogP contribution in [0.2, 0.25) is 0 Å². The van der Waals surface area contributed by atoms with Gasteiger partial charge in [-0.2, -0.15) is 10.2 Å². The van der Waals surface area contributed by atoms with Gasteiger partial charge < -0.3 is 5.32 Å². The van der Waals surface area contributed by atoms with Crippen LogP contribution >= 0.6 is 0 Å². The third-order valence-corrected chi connectivity index (χ3v) is 2.82. The Morgan fingerprint density at radius 3 is 2.63 bits per heavy atom. The molecule has 1 heterocycles. The van der Waals surface area contributed by atoms with Gasteiger partial charge in [-0.1, -0.05) is 12.1 Å². The molecule has 2 aromatic rings. The van der Waals surface area contributed by atoms with Crippen molar-refractivity contribution in [1.29, 1.82) is 0 Å². The number of rotatable bonds is 5. The van der Waals surface area contributed by atoms with Crippen LogP contribution in [0.3, 0.4) is 0 Å². The zero-order chi connectivity index (χ0) is 13.7. The third-order valence-electron chi connectivity index (χ3n) is 2.82. The Morgan fingerprint density at radius 2 is 2.05 bits per heavy atom. The van der Waals surface area contributed by atoms with E-state index in [0.717, 1.165) is 11.3 Å². The highest BCUT2D eigenvalue weighted by atomic mass is 16.6. The lowest BCUT2D eigenvalue weighted by Crippen LogP contribution is -2.18. The maximum atomic E-state index is 10.6. The summed E-state index contributed by atoms with van der Waals surface area (Å²) in [5, 5.41) is 21.6. The largest absolute Gasteiger partial charge is 0.304 e. The first-order valence-electron chi connectivity index (χ1n) is 5.91. The van der Waals surface area contributed by atoms with Gasteiger partial charge in [-0.05, 0) is 24.6 Å². The number of hydrogen-bond acceptors (Lipinski definition) is 5. The van der Waals surface area contributed by atoms with Crippen molar-refractivity contribution in [3.63, 3.8) is 0 Å². The summed E-state index contributed by atoms with van der Waals surface area (Å²) in [5.74, 6) is 0. The van der Waals surface area contributed by atoms with Crippen LogP contribution in [0.15, 0.2) is 42.6 Å². The standard InChI is InChI=1S/C13H14N4O2/c1-10(14-9-12-3-2-8-15-16-12)11-4-6-13(7-5-11)17(18)19/h2-8,10,14H,9H2,1H3. The van der Waals surface area contributed by atoms with Crippen molar-refractivity contribution in [2.45, 2.75) is 19.5 Å². The van der Waals surface area contributed by atoms with Crippen LogP contribution in [0, 0.1) is 10.1 Å². The average molecular weight is 258 g/mol. The smallest absolute Gasteiger partial charge is 0.269 e. The normalized spacial score (nSPS) is 12.1. The SMILES string of the molecule is CC(NCc1cccnn1)c1ccc([N+](=O)[O-])cc1. The van der Waals surface area contributed by atoms with Gasteiger partial charge in [-0.3, -0.25) is 10.1 Å². The van der Waals surface area contributed by atoms with Gasteiger partial charge in [0.15, 0.2) is 0 Å². The van der Waals surface area contributed by atoms with Gasteiger partial charge in [0.2, 0.25) is 0 Å². The van der Waals surface area contributed by atoms with E-state index in [1.165, 1.54) is 12.1 Å². The summed E-state index contributed by atoms with van der Waals surface area (Å²) in [5.41, 5.74) is 1.95. The number of non-ortho nitro benzene ring substituents is 1. The third kappa shape index (κ3) is 3.56. The number of hydrogen-bond donors (Lipinski definition) is 1. The second-order valence-corrected chi connectivity index (χ2v) is 4.17. The molecule has 0 radical (unpaired) electrons. The van der Waals surface area contributed by atoms with E-state index in [9.17, 15) is 10.1 Å². The van der Waals surface area contributed by atoms with Gasteiger partial charge in [0.05, 0.1) is 10.6 Å². The predicted octanol–water partition coefficient (Wildman–Crippen LogP) is 2.24. The van der Waals surface area contributed by atoms with Gasteiger partial charge >= 0.3 is 0 Å². The highest BCUT2D eigenvalue weighted by Gasteiger charge is 2.08. The summed E-state index contributed by atoms with van der Waals surface area (Å²) >= 11 is 0. The lowest BCUT2D eigenvalue weighted by molar-refractivity contribution is -0.384. The Labute approximate surface area is 110 Å². The lowest BCUT2D eigenvalue weighted by Gasteiger charge is -2.13. The molecule has 1 unspecified atom stereocenters. The van der Waals surface area contributed by atoms with E-state index in [1.807, 2.05) is 19.1 Å². The zero-order valence-corrected chi connectivity index (χ0v) is 10.5. The van der Waals surface area contributed by atoms with Crippen LogP contribution in [0.25, 0.3) is 0 Å². The van der Waals surface area contributed by atoms with Crippen molar-refractivity contribution in [1.82, 2.24) is 15.5 Å². The average Bonchev–Trinajstić information content (AvgIpc) is 2.46. The number of nitro benzene ring substituents is 1. The summed E-state index contributed by atoms with van der Waals surface area (Å²) < 4.78 is 0. The Bertz CT molecular complexity index is 542. The number of nitro groups is 1. The Balaban J connectivity index is 1.96. The minimum absolute atomic E-state index is 0.0859. The Kier molecular flexibility index (Phi) is 4.15. The van der Waals surface area contributed by atoms with Crippen molar-refractivity contribution >= 4 is 5.69 Å². The molecule has 1 aromatic carbocycles. The monoisotopic (exact) mass is 258 g/mol. The second-order valence-electron chi connectivity index (χ2n) is 4.17. The number of benzene rings is 1. The molecule has 2 rings (SSSR count). The van der Waals surface area contributed by atoms with Crippen LogP contribution in [-0.2, 0) is 6.54 Å². The van der Waals surface area contributed by atoms with E-state index in [-0.39, 0.29) is 11.7 Å². The summed E-state index contributed by atoms with van der Waals surface area (Å²) in [6.45, 7) is 2.60. The summed E-state index contributed by atoms with van der Waals surface area (Å²) in [7, 11) is 0. The van der Waals surface area contributed by atoms with E-state index in [1.54, 1.807) is 18.3 Å². The molecule has 0 aliphatic rings. The quantitative estimate of drug-likeness (QED) is 0.657. The zero-order valence-electron chi connectivity index (χ0n) is 10.5. The van der Waals surface area contributed by atoms with Crippen molar-refractivity contribution in [2.24, 2.45) is 0 Å². The van der Waals surface area contributed by atoms with Gasteiger partial charge in [0.1, 0.15) is 0 Å². The van der Waals surface area contributed by atoms with Gasteiger partial charge in [-0.25, -0.2) is 0 Å². The van der Waals surface area contributed by atoms with Crippen LogP contribution in [0.5, 0.6) is 0 Å². The fourth-order valence-corrected chi connectivity index (χ4v) is 1.69. The van der Waals surface area contributed by atoms with E-state index in [4.69, 9.17) is 0 Å². The molecule has 0 aliphatic carbocycles. The van der Waals surface area contributed by atoms with Gasteiger partial charge in [0, 0.05) is 30.9 Å². The fourth-order valence-electron chi connectivity index (χ4n) is 1.69. The molecule has 1 atom stereocenters. The van der Waals surface area contributed by atoms with E-state index in [0.29, 0.717) is 6.54 Å². The predicted molar refractivity (Wildman–Crippen MR) is 70.4 cm³/mol. The number of nitrogens with zero attached hydrogens (tertiary/aromatic N) is 3. The fraction of sp³-hybridized carbons (Fsp3) is 0.231. The molecule has 0 bridgehead atoms. The van der Waals surface area contributed by atoms with Crippen LogP contribution < -0.4 is 5.32 Å². The van der Waals surface area contributed by atoms with Crippen molar-refractivity contribution in [3.05, 3.63) is 64.0 Å². The minimum atomic E-state index is -0.401. The van der Waals surface area contributed by atoms with E-state index >= 15 is 0 Å². The maximum Gasteiger partial charge on any atom is 0.269 e. The van der Waals surface area contributed by atoms with Crippen molar-refractivity contribution in [3.8, 4) is 0 Å². The van der Waals surface area contributed by atoms with Crippen molar-refractivity contribution in [2.75, 3.05) is 0 Å². The molecule has 0 saturated heterocycles. The molecule has 1 N–H and O–H groups in total. The van der Waals surface area contributed by atoms with Crippen LogP contribution in [0.1, 0.15) is 24.2 Å². The molecular formula is C13H14N4O2. The molecule has 1 aromatic heterocycles.